The fourth-order valence-electron chi connectivity index (χ4n) is 2.50. The summed E-state index contributed by atoms with van der Waals surface area (Å²) < 4.78 is 40.0. The van der Waals surface area contributed by atoms with Gasteiger partial charge in [0.1, 0.15) is 5.82 Å². The van der Waals surface area contributed by atoms with E-state index in [2.05, 4.69) is 15.9 Å². The number of aliphatic carboxylic acids is 1. The van der Waals surface area contributed by atoms with Gasteiger partial charge in [0.2, 0.25) is 10.0 Å². The number of rotatable bonds is 3. The molecule has 0 saturated carbocycles. The van der Waals surface area contributed by atoms with Crippen LogP contribution >= 0.6 is 15.9 Å². The van der Waals surface area contributed by atoms with Crippen LogP contribution in [0.4, 0.5) is 4.39 Å². The van der Waals surface area contributed by atoms with Crippen molar-refractivity contribution in [3.63, 3.8) is 0 Å². The lowest BCUT2D eigenvalue weighted by Crippen LogP contribution is -2.45. The molecule has 0 aliphatic carbocycles. The maximum Gasteiger partial charge on any atom is 0.306 e. The quantitative estimate of drug-likeness (QED) is 0.874. The van der Waals surface area contributed by atoms with Crippen molar-refractivity contribution in [3.8, 4) is 0 Å². The van der Waals surface area contributed by atoms with Gasteiger partial charge >= 0.3 is 5.97 Å². The minimum Gasteiger partial charge on any atom is -0.481 e. The Morgan fingerprint density at radius 1 is 1.48 bits per heavy atom. The molecule has 1 aliphatic heterocycles. The van der Waals surface area contributed by atoms with Gasteiger partial charge in [-0.3, -0.25) is 4.79 Å². The van der Waals surface area contributed by atoms with Crippen molar-refractivity contribution in [2.45, 2.75) is 30.7 Å². The summed E-state index contributed by atoms with van der Waals surface area (Å²) in [6.45, 7) is 1.79. The topological polar surface area (TPSA) is 74.7 Å². The first-order chi connectivity index (χ1) is 9.73. The van der Waals surface area contributed by atoms with Crippen molar-refractivity contribution >= 4 is 31.9 Å². The SMILES string of the molecule is CC1CC(C(=O)O)CCN1S(=O)(=O)c1ccc(Br)c(F)c1. The van der Waals surface area contributed by atoms with Crippen molar-refractivity contribution in [2.24, 2.45) is 5.92 Å². The second-order valence-electron chi connectivity index (χ2n) is 5.10. The van der Waals surface area contributed by atoms with Crippen molar-refractivity contribution in [1.82, 2.24) is 4.31 Å². The summed E-state index contributed by atoms with van der Waals surface area (Å²) in [4.78, 5) is 10.9. The third kappa shape index (κ3) is 3.27. The molecule has 1 heterocycles. The Morgan fingerprint density at radius 3 is 2.67 bits per heavy atom. The van der Waals surface area contributed by atoms with Crippen LogP contribution in [-0.2, 0) is 14.8 Å². The summed E-state index contributed by atoms with van der Waals surface area (Å²) in [5.41, 5.74) is 0. The first-order valence-corrected chi connectivity index (χ1v) is 8.66. The van der Waals surface area contributed by atoms with E-state index in [0.717, 1.165) is 6.07 Å². The van der Waals surface area contributed by atoms with Crippen LogP contribution in [0.5, 0.6) is 0 Å². The zero-order valence-electron chi connectivity index (χ0n) is 11.3. The number of halogens is 2. The second-order valence-corrected chi connectivity index (χ2v) is 7.85. The molecule has 2 unspecified atom stereocenters. The van der Waals surface area contributed by atoms with E-state index in [4.69, 9.17) is 5.11 Å². The molecule has 21 heavy (non-hydrogen) atoms. The number of carboxylic acids is 1. The van der Waals surface area contributed by atoms with Crippen LogP contribution in [0.15, 0.2) is 27.6 Å². The summed E-state index contributed by atoms with van der Waals surface area (Å²) in [6.07, 6.45) is 0.519. The van der Waals surface area contributed by atoms with Crippen molar-refractivity contribution in [3.05, 3.63) is 28.5 Å². The number of hydrogen-bond donors (Lipinski definition) is 1. The molecule has 0 bridgehead atoms. The van der Waals surface area contributed by atoms with Gasteiger partial charge in [-0.05, 0) is 53.9 Å². The summed E-state index contributed by atoms with van der Waals surface area (Å²) in [6, 6.07) is 3.21. The Labute approximate surface area is 130 Å². The molecule has 1 N–H and O–H groups in total. The second kappa shape index (κ2) is 6.02. The van der Waals surface area contributed by atoms with Crippen LogP contribution in [0, 0.1) is 11.7 Å². The van der Waals surface area contributed by atoms with Gasteiger partial charge in [0.05, 0.1) is 15.3 Å². The van der Waals surface area contributed by atoms with Crippen LogP contribution in [0.2, 0.25) is 0 Å². The molecular formula is C13H15BrFNO4S. The van der Waals surface area contributed by atoms with Gasteiger partial charge in [0, 0.05) is 12.6 Å². The van der Waals surface area contributed by atoms with Crippen LogP contribution in [0.1, 0.15) is 19.8 Å². The Morgan fingerprint density at radius 2 is 2.14 bits per heavy atom. The van der Waals surface area contributed by atoms with Gasteiger partial charge in [-0.15, -0.1) is 0 Å². The molecule has 0 amide bonds. The Kier molecular flexibility index (Phi) is 4.69. The number of benzene rings is 1. The van der Waals surface area contributed by atoms with E-state index in [1.165, 1.54) is 16.4 Å². The van der Waals surface area contributed by atoms with Gasteiger partial charge in [-0.1, -0.05) is 0 Å². The van der Waals surface area contributed by atoms with E-state index in [1.54, 1.807) is 6.92 Å². The highest BCUT2D eigenvalue weighted by molar-refractivity contribution is 9.10. The largest absolute Gasteiger partial charge is 0.481 e. The zero-order valence-corrected chi connectivity index (χ0v) is 13.7. The minimum absolute atomic E-state index is 0.121. The predicted molar refractivity (Wildman–Crippen MR) is 77.8 cm³/mol. The lowest BCUT2D eigenvalue weighted by atomic mass is 9.93. The minimum atomic E-state index is -3.82. The summed E-state index contributed by atoms with van der Waals surface area (Å²) >= 11 is 2.98. The zero-order chi connectivity index (χ0) is 15.8. The fourth-order valence-corrected chi connectivity index (χ4v) is 4.42. The molecule has 1 aromatic rings. The average Bonchev–Trinajstić information content (AvgIpc) is 2.41. The molecule has 0 aromatic heterocycles. The molecule has 2 atom stereocenters. The lowest BCUT2D eigenvalue weighted by Gasteiger charge is -2.35. The van der Waals surface area contributed by atoms with Crippen LogP contribution < -0.4 is 0 Å². The first-order valence-electron chi connectivity index (χ1n) is 6.43. The third-order valence-electron chi connectivity index (χ3n) is 3.66. The molecular weight excluding hydrogens is 365 g/mol. The number of hydrogen-bond acceptors (Lipinski definition) is 3. The van der Waals surface area contributed by atoms with Crippen molar-refractivity contribution in [2.75, 3.05) is 6.54 Å². The van der Waals surface area contributed by atoms with E-state index in [-0.39, 0.29) is 28.8 Å². The molecule has 1 aromatic carbocycles. The summed E-state index contributed by atoms with van der Waals surface area (Å²) in [7, 11) is -3.82. The van der Waals surface area contributed by atoms with Gasteiger partial charge in [0.25, 0.3) is 0 Å². The molecule has 1 fully saturated rings. The Hall–Kier alpha value is -0.990. The fraction of sp³-hybridized carbons (Fsp3) is 0.462. The monoisotopic (exact) mass is 379 g/mol. The number of carboxylic acid groups (broad SMARTS) is 1. The standard InChI is InChI=1S/C13H15BrFNO4S/c1-8-6-9(13(17)18)4-5-16(8)21(19,20)10-2-3-11(14)12(15)7-10/h2-3,7-9H,4-6H2,1H3,(H,17,18). The molecule has 0 spiro atoms. The van der Waals surface area contributed by atoms with E-state index >= 15 is 0 Å². The Bertz CT molecular complexity index is 664. The van der Waals surface area contributed by atoms with Crippen LogP contribution in [0.25, 0.3) is 0 Å². The smallest absolute Gasteiger partial charge is 0.306 e. The molecule has 0 radical (unpaired) electrons. The molecule has 2 rings (SSSR count). The number of sulfonamides is 1. The van der Waals surface area contributed by atoms with Crippen LogP contribution in [0.3, 0.4) is 0 Å². The van der Waals surface area contributed by atoms with E-state index in [1.807, 2.05) is 0 Å². The first kappa shape index (κ1) is 16.4. The maximum absolute atomic E-state index is 13.5. The van der Waals surface area contributed by atoms with Gasteiger partial charge in [-0.25, -0.2) is 12.8 Å². The predicted octanol–water partition coefficient (Wildman–Crippen LogP) is 2.46. The van der Waals surface area contributed by atoms with Crippen molar-refractivity contribution in [1.29, 1.82) is 0 Å². The number of carbonyl (C=O) groups is 1. The summed E-state index contributed by atoms with van der Waals surface area (Å²) in [5, 5.41) is 9.01. The van der Waals surface area contributed by atoms with Gasteiger partial charge < -0.3 is 5.11 Å². The van der Waals surface area contributed by atoms with Crippen molar-refractivity contribution < 1.29 is 22.7 Å². The third-order valence-corrected chi connectivity index (χ3v) is 6.31. The molecule has 1 saturated heterocycles. The van der Waals surface area contributed by atoms with Gasteiger partial charge in [-0.2, -0.15) is 4.31 Å². The molecule has 8 heteroatoms. The maximum atomic E-state index is 13.5. The normalized spacial score (nSPS) is 24.0. The lowest BCUT2D eigenvalue weighted by molar-refractivity contribution is -0.143. The number of piperidine rings is 1. The average molecular weight is 380 g/mol. The molecule has 5 nitrogen and oxygen atoms in total. The van der Waals surface area contributed by atoms with Crippen LogP contribution in [-0.4, -0.2) is 36.4 Å². The number of nitrogens with zero attached hydrogens (tertiary/aromatic N) is 1. The highest BCUT2D eigenvalue weighted by atomic mass is 79.9. The Balaban J connectivity index is 2.28. The van der Waals surface area contributed by atoms with E-state index in [0.29, 0.717) is 0 Å². The van der Waals surface area contributed by atoms with E-state index in [9.17, 15) is 17.6 Å². The highest BCUT2D eigenvalue weighted by Crippen LogP contribution is 2.29. The molecule has 1 aliphatic rings. The highest BCUT2D eigenvalue weighted by Gasteiger charge is 2.36. The summed E-state index contributed by atoms with van der Waals surface area (Å²) in [5.74, 6) is -2.09. The molecule has 116 valence electrons. The van der Waals surface area contributed by atoms with E-state index < -0.39 is 33.8 Å². The van der Waals surface area contributed by atoms with Gasteiger partial charge in [0.15, 0.2) is 0 Å².